The van der Waals surface area contributed by atoms with Crippen LogP contribution in [0.1, 0.15) is 29.1 Å². The van der Waals surface area contributed by atoms with Crippen LogP contribution in [0.25, 0.3) is 10.1 Å². The van der Waals surface area contributed by atoms with Crippen LogP contribution in [0.3, 0.4) is 0 Å². The van der Waals surface area contributed by atoms with Gasteiger partial charge in [-0.05, 0) is 54.8 Å². The molecule has 2 heterocycles. The van der Waals surface area contributed by atoms with Crippen LogP contribution in [0.5, 0.6) is 0 Å². The number of rotatable bonds is 4. The van der Waals surface area contributed by atoms with Gasteiger partial charge in [-0.25, -0.2) is 4.39 Å². The van der Waals surface area contributed by atoms with Crippen molar-refractivity contribution < 1.29 is 4.39 Å². The van der Waals surface area contributed by atoms with E-state index in [0.29, 0.717) is 0 Å². The zero-order chi connectivity index (χ0) is 14.8. The van der Waals surface area contributed by atoms with E-state index in [9.17, 15) is 4.39 Å². The van der Waals surface area contributed by atoms with E-state index in [0.717, 1.165) is 27.9 Å². The Hall–Kier alpha value is -1.78. The van der Waals surface area contributed by atoms with Gasteiger partial charge < -0.3 is 5.32 Å². The topological polar surface area (TPSA) is 24.9 Å². The first-order valence-corrected chi connectivity index (χ1v) is 7.84. The monoisotopic (exact) mass is 300 g/mol. The number of halogens is 1. The lowest BCUT2D eigenvalue weighted by Gasteiger charge is -2.16. The molecule has 0 aliphatic rings. The van der Waals surface area contributed by atoms with Crippen molar-refractivity contribution in [2.45, 2.75) is 19.9 Å². The highest BCUT2D eigenvalue weighted by molar-refractivity contribution is 7.19. The highest BCUT2D eigenvalue weighted by Crippen LogP contribution is 2.33. The molecule has 3 aromatic rings. The third-order valence-corrected chi connectivity index (χ3v) is 4.64. The number of aromatic nitrogens is 1. The lowest BCUT2D eigenvalue weighted by atomic mass is 10.1. The highest BCUT2D eigenvalue weighted by atomic mass is 32.1. The number of benzene rings is 1. The zero-order valence-corrected chi connectivity index (χ0v) is 12.9. The first-order valence-electron chi connectivity index (χ1n) is 7.02. The second-order valence-corrected chi connectivity index (χ2v) is 6.17. The Balaban J connectivity index is 2.04. The van der Waals surface area contributed by atoms with Crippen molar-refractivity contribution >= 4 is 21.4 Å². The molecule has 1 N–H and O–H groups in total. The maximum absolute atomic E-state index is 13.3. The van der Waals surface area contributed by atoms with Crippen molar-refractivity contribution in [2.75, 3.05) is 6.54 Å². The summed E-state index contributed by atoms with van der Waals surface area (Å²) in [6.45, 7) is 4.93. The van der Waals surface area contributed by atoms with Crippen molar-refractivity contribution in [2.24, 2.45) is 0 Å². The molecule has 0 saturated carbocycles. The lowest BCUT2D eigenvalue weighted by molar-refractivity contribution is 0.629. The molecule has 108 valence electrons. The number of hydrogen-bond acceptors (Lipinski definition) is 3. The predicted octanol–water partition coefficient (Wildman–Crippen LogP) is 4.44. The third kappa shape index (κ3) is 2.96. The number of nitrogens with one attached hydrogen (secondary N) is 1. The lowest BCUT2D eigenvalue weighted by Crippen LogP contribution is -2.21. The van der Waals surface area contributed by atoms with Crippen LogP contribution in [0.15, 0.2) is 42.6 Å². The normalized spacial score (nSPS) is 12.7. The summed E-state index contributed by atoms with van der Waals surface area (Å²) in [6, 6.07) is 11.2. The van der Waals surface area contributed by atoms with Gasteiger partial charge >= 0.3 is 0 Å². The molecule has 4 heteroatoms. The number of thiophene rings is 1. The van der Waals surface area contributed by atoms with Gasteiger partial charge in [-0.2, -0.15) is 0 Å². The summed E-state index contributed by atoms with van der Waals surface area (Å²) in [6.07, 6.45) is 1.91. The van der Waals surface area contributed by atoms with Crippen LogP contribution >= 0.6 is 11.3 Å². The first kappa shape index (κ1) is 14.2. The van der Waals surface area contributed by atoms with Crippen LogP contribution in [0.4, 0.5) is 4.39 Å². The highest BCUT2D eigenvalue weighted by Gasteiger charge is 2.16. The summed E-state index contributed by atoms with van der Waals surface area (Å²) in [7, 11) is 0. The second-order valence-electron chi connectivity index (χ2n) is 5.05. The molecule has 0 spiro atoms. The molecule has 0 saturated heterocycles. The van der Waals surface area contributed by atoms with Gasteiger partial charge in [-0.3, -0.25) is 4.98 Å². The van der Waals surface area contributed by atoms with Gasteiger partial charge in [0.1, 0.15) is 5.82 Å². The standard InChI is InChI=1S/C17H17FN2S/c1-3-19-17(12-5-4-11(2)20-10-12)16-9-13-8-14(18)6-7-15(13)21-16/h4-10,17,19H,3H2,1-2H3. The molecule has 0 radical (unpaired) electrons. The Morgan fingerprint density at radius 3 is 2.81 bits per heavy atom. The summed E-state index contributed by atoms with van der Waals surface area (Å²) in [5, 5.41) is 4.44. The Labute approximate surface area is 127 Å². The van der Waals surface area contributed by atoms with Gasteiger partial charge in [0.2, 0.25) is 0 Å². The Morgan fingerprint density at radius 1 is 1.24 bits per heavy atom. The zero-order valence-electron chi connectivity index (χ0n) is 12.1. The van der Waals surface area contributed by atoms with Crippen molar-refractivity contribution in [3.05, 3.63) is 64.5 Å². The minimum atomic E-state index is -0.191. The molecular weight excluding hydrogens is 283 g/mol. The van der Waals surface area contributed by atoms with Crippen molar-refractivity contribution in [1.82, 2.24) is 10.3 Å². The average Bonchev–Trinajstić information content (AvgIpc) is 2.88. The van der Waals surface area contributed by atoms with E-state index in [4.69, 9.17) is 0 Å². The Morgan fingerprint density at radius 2 is 2.10 bits per heavy atom. The van der Waals surface area contributed by atoms with Crippen LogP contribution in [-0.2, 0) is 0 Å². The maximum Gasteiger partial charge on any atom is 0.123 e. The Bertz CT molecular complexity index is 749. The molecule has 0 aliphatic carbocycles. The largest absolute Gasteiger partial charge is 0.306 e. The van der Waals surface area contributed by atoms with E-state index in [-0.39, 0.29) is 11.9 Å². The van der Waals surface area contributed by atoms with Gasteiger partial charge in [0.05, 0.1) is 6.04 Å². The van der Waals surface area contributed by atoms with E-state index in [1.54, 1.807) is 17.4 Å². The third-order valence-electron chi connectivity index (χ3n) is 3.46. The second kappa shape index (κ2) is 5.92. The molecule has 1 unspecified atom stereocenters. The molecule has 1 aromatic carbocycles. The fourth-order valence-corrected chi connectivity index (χ4v) is 3.56. The number of nitrogens with zero attached hydrogens (tertiary/aromatic N) is 1. The molecule has 21 heavy (non-hydrogen) atoms. The van der Waals surface area contributed by atoms with Crippen molar-refractivity contribution in [1.29, 1.82) is 0 Å². The van der Waals surface area contributed by atoms with E-state index >= 15 is 0 Å². The minimum absolute atomic E-state index is 0.101. The van der Waals surface area contributed by atoms with Crippen molar-refractivity contribution in [3.63, 3.8) is 0 Å². The minimum Gasteiger partial charge on any atom is -0.306 e. The quantitative estimate of drug-likeness (QED) is 0.770. The summed E-state index contributed by atoms with van der Waals surface area (Å²) in [5.41, 5.74) is 2.14. The number of pyridine rings is 1. The molecule has 1 atom stereocenters. The van der Waals surface area contributed by atoms with Gasteiger partial charge in [0.15, 0.2) is 0 Å². The van der Waals surface area contributed by atoms with Crippen LogP contribution in [0, 0.1) is 12.7 Å². The SMILES string of the molecule is CCNC(c1ccc(C)nc1)c1cc2cc(F)ccc2s1. The molecule has 0 fully saturated rings. The van der Waals surface area contributed by atoms with Gasteiger partial charge in [-0.1, -0.05) is 13.0 Å². The molecule has 2 nitrogen and oxygen atoms in total. The average molecular weight is 300 g/mol. The van der Waals surface area contributed by atoms with Gasteiger partial charge in [-0.15, -0.1) is 11.3 Å². The molecule has 2 aromatic heterocycles. The summed E-state index contributed by atoms with van der Waals surface area (Å²) >= 11 is 1.70. The fourth-order valence-electron chi connectivity index (χ4n) is 2.41. The smallest absolute Gasteiger partial charge is 0.123 e. The number of fused-ring (bicyclic) bond motifs is 1. The first-order chi connectivity index (χ1) is 10.2. The molecule has 0 aliphatic heterocycles. The maximum atomic E-state index is 13.3. The number of hydrogen-bond donors (Lipinski definition) is 1. The van der Waals surface area contributed by atoms with Crippen LogP contribution in [-0.4, -0.2) is 11.5 Å². The fraction of sp³-hybridized carbons (Fsp3) is 0.235. The summed E-state index contributed by atoms with van der Waals surface area (Å²) in [5.74, 6) is -0.191. The van der Waals surface area contributed by atoms with Gasteiger partial charge in [0.25, 0.3) is 0 Å². The summed E-state index contributed by atoms with van der Waals surface area (Å²) in [4.78, 5) is 5.56. The van der Waals surface area contributed by atoms with E-state index in [1.165, 1.54) is 10.9 Å². The van der Waals surface area contributed by atoms with Crippen LogP contribution < -0.4 is 5.32 Å². The van der Waals surface area contributed by atoms with E-state index < -0.39 is 0 Å². The van der Waals surface area contributed by atoms with Crippen LogP contribution in [0.2, 0.25) is 0 Å². The molecular formula is C17H17FN2S. The van der Waals surface area contributed by atoms with Crippen molar-refractivity contribution in [3.8, 4) is 0 Å². The van der Waals surface area contributed by atoms with Gasteiger partial charge in [0, 0.05) is 21.5 Å². The predicted molar refractivity (Wildman–Crippen MR) is 86.3 cm³/mol. The Kier molecular flexibility index (Phi) is 3.99. The molecule has 0 amide bonds. The van der Waals surface area contributed by atoms with E-state index in [1.807, 2.05) is 25.3 Å². The van der Waals surface area contributed by atoms with E-state index in [2.05, 4.69) is 29.4 Å². The number of aryl methyl sites for hydroxylation is 1. The molecule has 3 rings (SSSR count). The summed E-state index contributed by atoms with van der Waals surface area (Å²) < 4.78 is 14.4. The molecule has 0 bridgehead atoms.